The van der Waals surface area contributed by atoms with Gasteiger partial charge in [-0.15, -0.1) is 0 Å². The minimum atomic E-state index is -0.565. The number of nitrogens with zero attached hydrogens (tertiary/aromatic N) is 1. The van der Waals surface area contributed by atoms with Gasteiger partial charge in [0.2, 0.25) is 6.29 Å². The average molecular weight is 455 g/mol. The number of carbonyl (C=O) groups is 1. The minimum absolute atomic E-state index is 0.229. The summed E-state index contributed by atoms with van der Waals surface area (Å²) in [7, 11) is 4.10. The molecule has 2 rings (SSSR count). The lowest BCUT2D eigenvalue weighted by Crippen LogP contribution is -2.44. The van der Waals surface area contributed by atoms with Crippen LogP contribution in [0, 0.1) is 0 Å². The van der Waals surface area contributed by atoms with E-state index >= 15 is 0 Å². The van der Waals surface area contributed by atoms with Crippen molar-refractivity contribution in [2.24, 2.45) is 0 Å². The Kier molecular flexibility index (Phi) is 12.0. The SMILES string of the molecule is CCCCCCCCCc1ccccc1OC(CC)OC(=O)C[N+](C)(C)Cc1ccccc1. The van der Waals surface area contributed by atoms with Crippen LogP contribution in [-0.2, 0) is 22.5 Å². The maximum absolute atomic E-state index is 12.7. The van der Waals surface area contributed by atoms with Gasteiger partial charge in [0.15, 0.2) is 6.54 Å². The summed E-state index contributed by atoms with van der Waals surface area (Å²) in [6.07, 6.45) is 10.1. The number of carbonyl (C=O) groups excluding carboxylic acids is 1. The van der Waals surface area contributed by atoms with Crippen LogP contribution in [-0.4, -0.2) is 37.4 Å². The highest BCUT2D eigenvalue weighted by atomic mass is 16.7. The van der Waals surface area contributed by atoms with Crippen molar-refractivity contribution >= 4 is 5.97 Å². The highest BCUT2D eigenvalue weighted by Crippen LogP contribution is 2.23. The predicted octanol–water partition coefficient (Wildman–Crippen LogP) is 6.91. The molecule has 1 atom stereocenters. The molecule has 0 saturated heterocycles. The van der Waals surface area contributed by atoms with Crippen LogP contribution in [0.5, 0.6) is 5.75 Å². The molecule has 0 aliphatic rings. The van der Waals surface area contributed by atoms with Crippen LogP contribution in [0.25, 0.3) is 0 Å². The third kappa shape index (κ3) is 10.9. The number of esters is 1. The van der Waals surface area contributed by atoms with E-state index in [1.165, 1.54) is 49.7 Å². The molecule has 4 nitrogen and oxygen atoms in total. The summed E-state index contributed by atoms with van der Waals surface area (Å²) in [5, 5.41) is 0. The van der Waals surface area contributed by atoms with E-state index in [2.05, 4.69) is 31.2 Å². The topological polar surface area (TPSA) is 35.5 Å². The van der Waals surface area contributed by atoms with E-state index in [9.17, 15) is 4.79 Å². The molecule has 182 valence electrons. The molecule has 0 N–H and O–H groups in total. The van der Waals surface area contributed by atoms with Crippen LogP contribution in [0.1, 0.15) is 76.3 Å². The molecule has 0 aliphatic heterocycles. The molecule has 33 heavy (non-hydrogen) atoms. The van der Waals surface area contributed by atoms with Crippen molar-refractivity contribution in [2.75, 3.05) is 20.6 Å². The van der Waals surface area contributed by atoms with Gasteiger partial charge in [0.25, 0.3) is 0 Å². The van der Waals surface area contributed by atoms with Crippen molar-refractivity contribution in [1.82, 2.24) is 0 Å². The molecule has 0 radical (unpaired) electrons. The third-order valence-corrected chi connectivity index (χ3v) is 5.89. The number of para-hydroxylation sites is 1. The number of quaternary nitrogens is 1. The molecule has 0 aromatic heterocycles. The summed E-state index contributed by atoms with van der Waals surface area (Å²) in [4.78, 5) is 12.7. The Morgan fingerprint density at radius 3 is 2.18 bits per heavy atom. The molecule has 2 aromatic rings. The second-order valence-electron chi connectivity index (χ2n) is 9.66. The van der Waals surface area contributed by atoms with Crippen molar-refractivity contribution in [3.05, 3.63) is 65.7 Å². The summed E-state index contributed by atoms with van der Waals surface area (Å²) in [5.41, 5.74) is 2.40. The second kappa shape index (κ2) is 14.7. The fraction of sp³-hybridized carbons (Fsp3) is 0.552. The quantitative estimate of drug-likeness (QED) is 0.120. The Balaban J connectivity index is 1.84. The largest absolute Gasteiger partial charge is 0.455 e. The maximum Gasteiger partial charge on any atom is 0.364 e. The van der Waals surface area contributed by atoms with Gasteiger partial charge in [-0.05, 0) is 24.5 Å². The number of hydrogen-bond acceptors (Lipinski definition) is 3. The van der Waals surface area contributed by atoms with E-state index in [4.69, 9.17) is 9.47 Å². The van der Waals surface area contributed by atoms with Crippen LogP contribution in [0.2, 0.25) is 0 Å². The molecule has 0 fully saturated rings. The Bertz CT molecular complexity index is 804. The number of unbranched alkanes of at least 4 members (excludes halogenated alkanes) is 6. The lowest BCUT2D eigenvalue weighted by molar-refractivity contribution is -0.896. The van der Waals surface area contributed by atoms with Crippen LogP contribution < -0.4 is 4.74 Å². The number of ether oxygens (including phenoxy) is 2. The van der Waals surface area contributed by atoms with Gasteiger partial charge in [-0.3, -0.25) is 0 Å². The van der Waals surface area contributed by atoms with Crippen LogP contribution in [0.15, 0.2) is 54.6 Å². The number of benzene rings is 2. The first-order valence-electron chi connectivity index (χ1n) is 12.7. The van der Waals surface area contributed by atoms with Gasteiger partial charge >= 0.3 is 5.97 Å². The number of aryl methyl sites for hydroxylation is 1. The Labute approximate surface area is 201 Å². The van der Waals surface area contributed by atoms with Crippen LogP contribution in [0.3, 0.4) is 0 Å². The molecular weight excluding hydrogens is 410 g/mol. The highest BCUT2D eigenvalue weighted by Gasteiger charge is 2.24. The normalized spacial score (nSPS) is 12.4. The first kappa shape index (κ1) is 26.9. The number of likely N-dealkylation sites (N-methyl/N-ethyl adjacent to an activating group) is 1. The zero-order valence-corrected chi connectivity index (χ0v) is 21.2. The molecule has 0 heterocycles. The number of rotatable bonds is 16. The molecule has 0 bridgehead atoms. The third-order valence-electron chi connectivity index (χ3n) is 5.89. The van der Waals surface area contributed by atoms with Gasteiger partial charge < -0.3 is 14.0 Å². The van der Waals surface area contributed by atoms with E-state index < -0.39 is 6.29 Å². The van der Waals surface area contributed by atoms with Gasteiger partial charge in [-0.1, -0.05) is 101 Å². The molecule has 0 spiro atoms. The van der Waals surface area contributed by atoms with E-state index in [0.29, 0.717) is 17.4 Å². The lowest BCUT2D eigenvalue weighted by Gasteiger charge is -2.29. The average Bonchev–Trinajstić information content (AvgIpc) is 2.79. The van der Waals surface area contributed by atoms with Crippen LogP contribution >= 0.6 is 0 Å². The van der Waals surface area contributed by atoms with Gasteiger partial charge in [-0.2, -0.15) is 0 Å². The Hall–Kier alpha value is -2.33. The van der Waals surface area contributed by atoms with Crippen LogP contribution in [0.4, 0.5) is 0 Å². The second-order valence-corrected chi connectivity index (χ2v) is 9.66. The first-order chi connectivity index (χ1) is 15.9. The highest BCUT2D eigenvalue weighted by molar-refractivity contribution is 5.70. The van der Waals surface area contributed by atoms with Crippen molar-refractivity contribution in [1.29, 1.82) is 0 Å². The number of hydrogen-bond donors (Lipinski definition) is 0. The summed E-state index contributed by atoms with van der Waals surface area (Å²) in [6.45, 7) is 5.31. The van der Waals surface area contributed by atoms with Crippen molar-refractivity contribution in [2.45, 2.75) is 84.5 Å². The molecule has 2 aromatic carbocycles. The Morgan fingerprint density at radius 1 is 0.848 bits per heavy atom. The molecule has 4 heteroatoms. The monoisotopic (exact) mass is 454 g/mol. The fourth-order valence-corrected chi connectivity index (χ4v) is 4.10. The van der Waals surface area contributed by atoms with Gasteiger partial charge in [0.05, 0.1) is 14.1 Å². The van der Waals surface area contributed by atoms with E-state index in [-0.39, 0.29) is 5.97 Å². The van der Waals surface area contributed by atoms with Gasteiger partial charge in [0, 0.05) is 12.0 Å². The van der Waals surface area contributed by atoms with Gasteiger partial charge in [0.1, 0.15) is 12.3 Å². The predicted molar refractivity (Wildman–Crippen MR) is 136 cm³/mol. The summed E-state index contributed by atoms with van der Waals surface area (Å²) in [5.74, 6) is 0.605. The molecular formula is C29H44NO3+. The Morgan fingerprint density at radius 2 is 1.48 bits per heavy atom. The summed E-state index contributed by atoms with van der Waals surface area (Å²) < 4.78 is 12.4. The molecule has 0 amide bonds. The molecule has 0 saturated carbocycles. The van der Waals surface area contributed by atoms with E-state index in [0.717, 1.165) is 25.1 Å². The fourth-order valence-electron chi connectivity index (χ4n) is 4.10. The minimum Gasteiger partial charge on any atom is -0.455 e. The molecule has 0 aliphatic carbocycles. The zero-order valence-electron chi connectivity index (χ0n) is 21.2. The van der Waals surface area contributed by atoms with Crippen molar-refractivity contribution < 1.29 is 18.8 Å². The summed E-state index contributed by atoms with van der Waals surface area (Å²) >= 11 is 0. The van der Waals surface area contributed by atoms with Crippen molar-refractivity contribution in [3.8, 4) is 5.75 Å². The van der Waals surface area contributed by atoms with Crippen molar-refractivity contribution in [3.63, 3.8) is 0 Å². The van der Waals surface area contributed by atoms with E-state index in [1.54, 1.807) is 0 Å². The van der Waals surface area contributed by atoms with Gasteiger partial charge in [-0.25, -0.2) is 4.79 Å². The maximum atomic E-state index is 12.7. The zero-order chi connectivity index (χ0) is 23.9. The smallest absolute Gasteiger partial charge is 0.364 e. The first-order valence-corrected chi connectivity index (χ1v) is 12.7. The lowest BCUT2D eigenvalue weighted by atomic mass is 10.0. The summed E-state index contributed by atoms with van der Waals surface area (Å²) in [6, 6.07) is 18.4. The van der Waals surface area contributed by atoms with E-state index in [1.807, 2.05) is 51.4 Å². The molecule has 1 unspecified atom stereocenters. The standard InChI is InChI=1S/C29H44NO3/c1-5-7-8-9-10-11-15-20-26-21-16-17-22-27(26)32-29(6-2)33-28(31)24-30(3,4)23-25-18-13-12-14-19-25/h12-14,16-19,21-22,29H,5-11,15,20,23-24H2,1-4H3/q+1.